The molecule has 3 rings (SSSR count). The van der Waals surface area contributed by atoms with Crippen LogP contribution >= 0.6 is 0 Å². The van der Waals surface area contributed by atoms with Gasteiger partial charge in [-0.25, -0.2) is 9.37 Å². The number of benzene rings is 1. The van der Waals surface area contributed by atoms with Crippen molar-refractivity contribution in [2.24, 2.45) is 0 Å². The maximum Gasteiger partial charge on any atom is 0.143 e. The minimum Gasteiger partial charge on any atom is -0.484 e. The van der Waals surface area contributed by atoms with Gasteiger partial charge in [-0.2, -0.15) is 0 Å². The number of fused-ring (bicyclic) bond motifs is 1. The van der Waals surface area contributed by atoms with E-state index in [9.17, 15) is 9.50 Å². The molecule has 1 aromatic heterocycles. The number of hydrogen-bond donors (Lipinski definition) is 1. The lowest BCUT2D eigenvalue weighted by atomic mass is 9.97. The summed E-state index contributed by atoms with van der Waals surface area (Å²) in [7, 11) is 0. The second kappa shape index (κ2) is 4.90. The topological polar surface area (TPSA) is 47.3 Å². The van der Waals surface area contributed by atoms with Crippen molar-refractivity contribution in [2.75, 3.05) is 0 Å². The summed E-state index contributed by atoms with van der Waals surface area (Å²) >= 11 is 0. The molecule has 1 aliphatic rings. The fourth-order valence-corrected chi connectivity index (χ4v) is 2.59. The van der Waals surface area contributed by atoms with Gasteiger partial charge >= 0.3 is 0 Å². The molecule has 20 heavy (non-hydrogen) atoms. The van der Waals surface area contributed by atoms with Gasteiger partial charge in [0.25, 0.3) is 0 Å². The van der Waals surface area contributed by atoms with Gasteiger partial charge in [-0.3, -0.25) is 0 Å². The molecule has 5 heteroatoms. The molecule has 0 spiro atoms. The average molecular weight is 276 g/mol. The van der Waals surface area contributed by atoms with Gasteiger partial charge in [-0.15, -0.1) is 0 Å². The second-order valence-electron chi connectivity index (χ2n) is 5.36. The Balaban J connectivity index is 1.96. The van der Waals surface area contributed by atoms with E-state index in [0.717, 1.165) is 5.69 Å². The molecule has 1 unspecified atom stereocenters. The zero-order valence-corrected chi connectivity index (χ0v) is 11.5. The molecule has 1 N–H and O–H groups in total. The lowest BCUT2D eigenvalue weighted by molar-refractivity contribution is 0.0610. The summed E-state index contributed by atoms with van der Waals surface area (Å²) in [5, 5.41) is 10.2. The third kappa shape index (κ3) is 2.18. The monoisotopic (exact) mass is 276 g/mol. The van der Waals surface area contributed by atoms with Gasteiger partial charge in [0.1, 0.15) is 17.7 Å². The number of halogens is 1. The molecule has 0 saturated carbocycles. The Bertz CT molecular complexity index is 624. The highest BCUT2D eigenvalue weighted by molar-refractivity contribution is 5.38. The van der Waals surface area contributed by atoms with Crippen molar-refractivity contribution in [1.82, 2.24) is 9.55 Å². The number of imidazole rings is 1. The number of aliphatic hydroxyl groups is 1. The van der Waals surface area contributed by atoms with E-state index in [-0.39, 0.29) is 18.0 Å². The quantitative estimate of drug-likeness (QED) is 0.916. The van der Waals surface area contributed by atoms with Gasteiger partial charge in [-0.1, -0.05) is 0 Å². The first-order valence-electron chi connectivity index (χ1n) is 6.72. The lowest BCUT2D eigenvalue weighted by Crippen LogP contribution is -2.22. The molecule has 0 fully saturated rings. The van der Waals surface area contributed by atoms with E-state index >= 15 is 0 Å². The Hall–Kier alpha value is -1.88. The SMILES string of the molecule is CC(C)n1cncc1C1C[C@@H](O)c2ccc(F)cc2O1. The summed E-state index contributed by atoms with van der Waals surface area (Å²) < 4.78 is 21.2. The third-order valence-electron chi connectivity index (χ3n) is 3.62. The number of aliphatic hydroxyl groups excluding tert-OH is 1. The van der Waals surface area contributed by atoms with Crippen LogP contribution in [0.4, 0.5) is 4.39 Å². The first kappa shape index (κ1) is 13.1. The highest BCUT2D eigenvalue weighted by Crippen LogP contribution is 2.41. The molecule has 4 nitrogen and oxygen atoms in total. The first-order chi connectivity index (χ1) is 9.56. The zero-order chi connectivity index (χ0) is 14.3. The molecule has 2 atom stereocenters. The van der Waals surface area contributed by atoms with E-state index in [0.29, 0.717) is 17.7 Å². The predicted octanol–water partition coefficient (Wildman–Crippen LogP) is 3.16. The second-order valence-corrected chi connectivity index (χ2v) is 5.36. The van der Waals surface area contributed by atoms with Crippen molar-refractivity contribution >= 4 is 0 Å². The first-order valence-corrected chi connectivity index (χ1v) is 6.72. The highest BCUT2D eigenvalue weighted by Gasteiger charge is 2.30. The molecule has 0 amide bonds. The number of rotatable bonds is 2. The lowest BCUT2D eigenvalue weighted by Gasteiger charge is -2.30. The van der Waals surface area contributed by atoms with Crippen LogP contribution in [0.3, 0.4) is 0 Å². The van der Waals surface area contributed by atoms with Crippen LogP contribution < -0.4 is 4.74 Å². The van der Waals surface area contributed by atoms with Crippen LogP contribution in [0, 0.1) is 5.82 Å². The van der Waals surface area contributed by atoms with E-state index in [1.807, 2.05) is 4.57 Å². The maximum absolute atomic E-state index is 13.3. The van der Waals surface area contributed by atoms with Gasteiger partial charge in [0.15, 0.2) is 0 Å². The van der Waals surface area contributed by atoms with Crippen molar-refractivity contribution in [2.45, 2.75) is 38.5 Å². The van der Waals surface area contributed by atoms with E-state index in [4.69, 9.17) is 4.74 Å². The van der Waals surface area contributed by atoms with Crippen LogP contribution in [-0.2, 0) is 0 Å². The molecule has 0 radical (unpaired) electrons. The summed E-state index contributed by atoms with van der Waals surface area (Å²) in [6.45, 7) is 4.11. The average Bonchev–Trinajstić information content (AvgIpc) is 2.87. The van der Waals surface area contributed by atoms with Crippen LogP contribution in [0.25, 0.3) is 0 Å². The Morgan fingerprint density at radius 1 is 1.45 bits per heavy atom. The summed E-state index contributed by atoms with van der Waals surface area (Å²) in [4.78, 5) is 4.14. The molecule has 2 heterocycles. The molecule has 1 aromatic carbocycles. The van der Waals surface area contributed by atoms with E-state index in [1.54, 1.807) is 18.6 Å². The molecular weight excluding hydrogens is 259 g/mol. The van der Waals surface area contributed by atoms with Gasteiger partial charge in [-0.05, 0) is 26.0 Å². The van der Waals surface area contributed by atoms with Crippen molar-refractivity contribution in [1.29, 1.82) is 0 Å². The van der Waals surface area contributed by atoms with Crippen LogP contribution in [0.2, 0.25) is 0 Å². The molecule has 1 aliphatic heterocycles. The van der Waals surface area contributed by atoms with Crippen LogP contribution in [0.5, 0.6) is 5.75 Å². The number of ether oxygens (including phenoxy) is 1. The molecule has 0 aliphatic carbocycles. The van der Waals surface area contributed by atoms with Crippen LogP contribution in [0.1, 0.15) is 49.8 Å². The third-order valence-corrected chi connectivity index (χ3v) is 3.62. The van der Waals surface area contributed by atoms with Crippen molar-refractivity contribution in [3.05, 3.63) is 47.8 Å². The normalized spacial score (nSPS) is 21.6. The van der Waals surface area contributed by atoms with Crippen LogP contribution in [-0.4, -0.2) is 14.7 Å². The van der Waals surface area contributed by atoms with Crippen molar-refractivity contribution < 1.29 is 14.2 Å². The summed E-state index contributed by atoms with van der Waals surface area (Å²) in [5.74, 6) is 0.0409. The highest BCUT2D eigenvalue weighted by atomic mass is 19.1. The molecule has 2 aromatic rings. The molecular formula is C15H17FN2O2. The fourth-order valence-electron chi connectivity index (χ4n) is 2.59. The fraction of sp³-hybridized carbons (Fsp3) is 0.400. The molecule has 0 saturated heterocycles. The minimum atomic E-state index is -0.653. The summed E-state index contributed by atoms with van der Waals surface area (Å²) in [6.07, 6.45) is 2.96. The smallest absolute Gasteiger partial charge is 0.143 e. The summed E-state index contributed by atoms with van der Waals surface area (Å²) in [6, 6.07) is 4.48. The Kier molecular flexibility index (Phi) is 3.22. The Labute approximate surface area is 116 Å². The zero-order valence-electron chi connectivity index (χ0n) is 11.5. The summed E-state index contributed by atoms with van der Waals surface area (Å²) in [5.41, 5.74) is 1.53. The van der Waals surface area contributed by atoms with E-state index in [2.05, 4.69) is 18.8 Å². The van der Waals surface area contributed by atoms with Gasteiger partial charge in [0.2, 0.25) is 0 Å². The number of aromatic nitrogens is 2. The largest absolute Gasteiger partial charge is 0.484 e. The van der Waals surface area contributed by atoms with Gasteiger partial charge in [0.05, 0.1) is 24.3 Å². The van der Waals surface area contributed by atoms with Crippen LogP contribution in [0.15, 0.2) is 30.7 Å². The Morgan fingerprint density at radius 2 is 2.25 bits per heavy atom. The number of nitrogens with zero attached hydrogens (tertiary/aromatic N) is 2. The number of hydrogen-bond acceptors (Lipinski definition) is 3. The molecule has 0 bridgehead atoms. The van der Waals surface area contributed by atoms with E-state index < -0.39 is 6.10 Å². The van der Waals surface area contributed by atoms with Crippen molar-refractivity contribution in [3.8, 4) is 5.75 Å². The molecule has 106 valence electrons. The van der Waals surface area contributed by atoms with E-state index in [1.165, 1.54) is 12.1 Å². The van der Waals surface area contributed by atoms with Gasteiger partial charge < -0.3 is 14.4 Å². The van der Waals surface area contributed by atoms with Crippen molar-refractivity contribution in [3.63, 3.8) is 0 Å². The minimum absolute atomic E-state index is 0.252. The standard InChI is InChI=1S/C15H17FN2O2/c1-9(2)18-8-17-7-12(18)15-6-13(19)11-4-3-10(16)5-14(11)20-15/h3-5,7-9,13,15,19H,6H2,1-2H3/t13-,15?/m1/s1. The maximum atomic E-state index is 13.3. The Morgan fingerprint density at radius 3 is 3.00 bits per heavy atom. The predicted molar refractivity (Wildman–Crippen MR) is 72.0 cm³/mol. The van der Waals surface area contributed by atoms with Gasteiger partial charge in [0, 0.05) is 24.1 Å².